The molecule has 1 rings (SSSR count). The fourth-order valence-corrected chi connectivity index (χ4v) is 1.60. The van der Waals surface area contributed by atoms with E-state index in [-0.39, 0.29) is 18.4 Å². The summed E-state index contributed by atoms with van der Waals surface area (Å²) >= 11 is 0. The number of phenols is 1. The van der Waals surface area contributed by atoms with Gasteiger partial charge in [0.25, 0.3) is 0 Å². The summed E-state index contributed by atoms with van der Waals surface area (Å²) in [6.45, 7) is 3.81. The van der Waals surface area contributed by atoms with Crippen LogP contribution in [0.4, 0.5) is 0 Å². The molecule has 3 heteroatoms. The van der Waals surface area contributed by atoms with E-state index in [1.54, 1.807) is 7.05 Å². The molecule has 0 spiro atoms. The lowest BCUT2D eigenvalue weighted by atomic mass is 10.0. The summed E-state index contributed by atoms with van der Waals surface area (Å²) < 4.78 is 0. The van der Waals surface area contributed by atoms with Gasteiger partial charge in [-0.15, -0.1) is 0 Å². The molecular formula is C11H17NO2. The maximum Gasteiger partial charge on any atom is 0.123 e. The van der Waals surface area contributed by atoms with Crippen molar-refractivity contribution in [3.8, 4) is 5.75 Å². The number of aryl methyl sites for hydroxylation is 2. The smallest absolute Gasteiger partial charge is 0.123 e. The van der Waals surface area contributed by atoms with E-state index in [9.17, 15) is 5.11 Å². The maximum atomic E-state index is 9.80. The van der Waals surface area contributed by atoms with E-state index in [0.717, 1.165) is 16.7 Å². The van der Waals surface area contributed by atoms with Crippen molar-refractivity contribution < 1.29 is 10.2 Å². The zero-order valence-corrected chi connectivity index (χ0v) is 8.83. The summed E-state index contributed by atoms with van der Waals surface area (Å²) in [6, 6.07) is 3.61. The Hall–Kier alpha value is -1.06. The van der Waals surface area contributed by atoms with Crippen LogP contribution in [0.5, 0.6) is 5.75 Å². The monoisotopic (exact) mass is 195 g/mol. The SMILES string of the molecule is CNC(CO)c1cc(C)cc(C)c1O. The number of nitrogens with one attached hydrogen (secondary N) is 1. The van der Waals surface area contributed by atoms with Gasteiger partial charge in [-0.1, -0.05) is 17.7 Å². The molecule has 0 aliphatic heterocycles. The molecular weight excluding hydrogens is 178 g/mol. The molecule has 0 aliphatic rings. The molecule has 0 bridgehead atoms. The summed E-state index contributed by atoms with van der Waals surface area (Å²) in [4.78, 5) is 0. The Morgan fingerprint density at radius 3 is 2.50 bits per heavy atom. The number of hydrogen-bond donors (Lipinski definition) is 3. The molecule has 1 aromatic rings. The minimum absolute atomic E-state index is 0.0209. The molecule has 1 unspecified atom stereocenters. The van der Waals surface area contributed by atoms with Gasteiger partial charge in [0, 0.05) is 5.56 Å². The third-order valence-electron chi connectivity index (χ3n) is 2.38. The van der Waals surface area contributed by atoms with Crippen LogP contribution in [0.3, 0.4) is 0 Å². The summed E-state index contributed by atoms with van der Waals surface area (Å²) in [7, 11) is 1.76. The van der Waals surface area contributed by atoms with Gasteiger partial charge in [0.2, 0.25) is 0 Å². The molecule has 78 valence electrons. The van der Waals surface area contributed by atoms with Crippen LogP contribution in [0.1, 0.15) is 22.7 Å². The Bertz CT molecular complexity index is 319. The number of phenolic OH excluding ortho intramolecular Hbond substituents is 1. The van der Waals surface area contributed by atoms with Crippen molar-refractivity contribution >= 4 is 0 Å². The molecule has 0 aromatic heterocycles. The standard InChI is InChI=1S/C11H17NO2/c1-7-4-8(2)11(14)9(5-7)10(6-13)12-3/h4-5,10,12-14H,6H2,1-3H3. The van der Waals surface area contributed by atoms with E-state index >= 15 is 0 Å². The van der Waals surface area contributed by atoms with E-state index < -0.39 is 0 Å². The normalized spacial score (nSPS) is 12.9. The quantitative estimate of drug-likeness (QED) is 0.680. The highest BCUT2D eigenvalue weighted by atomic mass is 16.3. The van der Waals surface area contributed by atoms with Crippen LogP contribution in [0.25, 0.3) is 0 Å². The maximum absolute atomic E-state index is 9.80. The Kier molecular flexibility index (Phi) is 3.49. The number of aliphatic hydroxyl groups excluding tert-OH is 1. The summed E-state index contributed by atoms with van der Waals surface area (Å²) in [5.74, 6) is 0.268. The molecule has 0 saturated heterocycles. The zero-order chi connectivity index (χ0) is 10.7. The fraction of sp³-hybridized carbons (Fsp3) is 0.455. The number of hydrogen-bond acceptors (Lipinski definition) is 3. The fourth-order valence-electron chi connectivity index (χ4n) is 1.60. The largest absolute Gasteiger partial charge is 0.507 e. The average molecular weight is 195 g/mol. The van der Waals surface area contributed by atoms with Crippen molar-refractivity contribution in [2.75, 3.05) is 13.7 Å². The van der Waals surface area contributed by atoms with E-state index in [0.29, 0.717) is 0 Å². The molecule has 0 radical (unpaired) electrons. The van der Waals surface area contributed by atoms with Gasteiger partial charge in [-0.2, -0.15) is 0 Å². The van der Waals surface area contributed by atoms with E-state index in [1.165, 1.54) is 0 Å². The Morgan fingerprint density at radius 2 is 2.00 bits per heavy atom. The molecule has 1 atom stereocenters. The summed E-state index contributed by atoms with van der Waals surface area (Å²) in [5, 5.41) is 21.9. The molecule has 3 N–H and O–H groups in total. The predicted molar refractivity (Wildman–Crippen MR) is 56.5 cm³/mol. The highest BCUT2D eigenvalue weighted by Crippen LogP contribution is 2.28. The minimum atomic E-state index is -0.200. The van der Waals surface area contributed by atoms with Crippen LogP contribution in [-0.4, -0.2) is 23.9 Å². The van der Waals surface area contributed by atoms with Crippen molar-refractivity contribution in [2.24, 2.45) is 0 Å². The Labute approximate surface area is 84.4 Å². The third kappa shape index (κ3) is 2.05. The lowest BCUT2D eigenvalue weighted by Gasteiger charge is -2.17. The van der Waals surface area contributed by atoms with Gasteiger partial charge in [0.15, 0.2) is 0 Å². The van der Waals surface area contributed by atoms with E-state index in [4.69, 9.17) is 5.11 Å². The Morgan fingerprint density at radius 1 is 1.36 bits per heavy atom. The summed E-state index contributed by atoms with van der Waals surface area (Å²) in [6.07, 6.45) is 0. The van der Waals surface area contributed by atoms with Crippen molar-refractivity contribution in [1.82, 2.24) is 5.32 Å². The van der Waals surface area contributed by atoms with E-state index in [1.807, 2.05) is 26.0 Å². The highest BCUT2D eigenvalue weighted by Gasteiger charge is 2.14. The van der Waals surface area contributed by atoms with Gasteiger partial charge in [-0.3, -0.25) is 0 Å². The molecule has 3 nitrogen and oxygen atoms in total. The highest BCUT2D eigenvalue weighted by molar-refractivity contribution is 5.44. The van der Waals surface area contributed by atoms with Crippen molar-refractivity contribution in [1.29, 1.82) is 0 Å². The first kappa shape index (κ1) is 11.0. The van der Waals surface area contributed by atoms with Crippen molar-refractivity contribution in [3.63, 3.8) is 0 Å². The molecule has 0 amide bonds. The average Bonchev–Trinajstić information content (AvgIpc) is 2.15. The number of aromatic hydroxyl groups is 1. The second kappa shape index (κ2) is 4.44. The predicted octanol–water partition coefficient (Wildman–Crippen LogP) is 1.26. The van der Waals surface area contributed by atoms with Crippen LogP contribution in [0, 0.1) is 13.8 Å². The van der Waals surface area contributed by atoms with Gasteiger partial charge in [-0.05, 0) is 26.5 Å². The minimum Gasteiger partial charge on any atom is -0.507 e. The van der Waals surface area contributed by atoms with Crippen LogP contribution >= 0.6 is 0 Å². The van der Waals surface area contributed by atoms with Crippen LogP contribution in [-0.2, 0) is 0 Å². The summed E-state index contributed by atoms with van der Waals surface area (Å²) in [5.41, 5.74) is 2.69. The zero-order valence-electron chi connectivity index (χ0n) is 8.83. The van der Waals surface area contributed by atoms with Gasteiger partial charge in [0.1, 0.15) is 5.75 Å². The molecule has 14 heavy (non-hydrogen) atoms. The van der Waals surface area contributed by atoms with Gasteiger partial charge >= 0.3 is 0 Å². The lowest BCUT2D eigenvalue weighted by Crippen LogP contribution is -2.20. The molecule has 0 aliphatic carbocycles. The van der Waals surface area contributed by atoms with Gasteiger partial charge in [-0.25, -0.2) is 0 Å². The first-order valence-corrected chi connectivity index (χ1v) is 4.68. The van der Waals surface area contributed by atoms with Crippen LogP contribution in [0.15, 0.2) is 12.1 Å². The second-order valence-electron chi connectivity index (χ2n) is 3.54. The van der Waals surface area contributed by atoms with Crippen LogP contribution in [0.2, 0.25) is 0 Å². The molecule has 0 saturated carbocycles. The van der Waals surface area contributed by atoms with E-state index in [2.05, 4.69) is 5.32 Å². The first-order valence-electron chi connectivity index (χ1n) is 4.68. The number of rotatable bonds is 3. The number of aliphatic hydroxyl groups is 1. The number of benzene rings is 1. The lowest BCUT2D eigenvalue weighted by molar-refractivity contribution is 0.248. The molecule has 0 fully saturated rings. The van der Waals surface area contributed by atoms with Crippen molar-refractivity contribution in [2.45, 2.75) is 19.9 Å². The number of likely N-dealkylation sites (N-methyl/N-ethyl adjacent to an activating group) is 1. The topological polar surface area (TPSA) is 52.5 Å². The second-order valence-corrected chi connectivity index (χ2v) is 3.54. The van der Waals surface area contributed by atoms with Gasteiger partial charge in [0.05, 0.1) is 12.6 Å². The van der Waals surface area contributed by atoms with Gasteiger partial charge < -0.3 is 15.5 Å². The molecule has 1 aromatic carbocycles. The molecule has 0 heterocycles. The Balaban J connectivity index is 3.18. The first-order chi connectivity index (χ1) is 6.60. The van der Waals surface area contributed by atoms with Crippen molar-refractivity contribution in [3.05, 3.63) is 28.8 Å². The third-order valence-corrected chi connectivity index (χ3v) is 2.38. The van der Waals surface area contributed by atoms with Crippen LogP contribution < -0.4 is 5.32 Å².